The second kappa shape index (κ2) is 11.3. The van der Waals surface area contributed by atoms with Gasteiger partial charge in [-0.25, -0.2) is 8.42 Å². The van der Waals surface area contributed by atoms with Crippen LogP contribution in [0.1, 0.15) is 45.2 Å². The van der Waals surface area contributed by atoms with Gasteiger partial charge in [-0.05, 0) is 63.9 Å². The summed E-state index contributed by atoms with van der Waals surface area (Å²) in [5.41, 5.74) is 1.41. The molecular formula is C25H34ClN3O4S. The molecule has 0 saturated carbocycles. The van der Waals surface area contributed by atoms with Gasteiger partial charge in [0, 0.05) is 24.2 Å². The lowest BCUT2D eigenvalue weighted by molar-refractivity contribution is -0.142. The third-order valence-corrected chi connectivity index (χ3v) is 7.27. The first-order valence-electron chi connectivity index (χ1n) is 11.1. The number of nitrogens with zero attached hydrogens (tertiary/aromatic N) is 2. The predicted molar refractivity (Wildman–Crippen MR) is 135 cm³/mol. The Hall–Kier alpha value is -2.42. The number of carbonyl (C=O) groups excluding carboxylic acids is 2. The molecule has 9 heteroatoms. The van der Waals surface area contributed by atoms with Crippen molar-refractivity contribution in [3.8, 4) is 0 Å². The topological polar surface area (TPSA) is 86.8 Å². The number of halogens is 1. The van der Waals surface area contributed by atoms with Crippen LogP contribution in [0.15, 0.2) is 53.4 Å². The van der Waals surface area contributed by atoms with Crippen molar-refractivity contribution in [1.82, 2.24) is 14.5 Å². The Morgan fingerprint density at radius 2 is 1.71 bits per heavy atom. The molecule has 0 aliphatic heterocycles. The number of sulfonamides is 1. The highest BCUT2D eigenvalue weighted by atomic mass is 35.5. The zero-order valence-electron chi connectivity index (χ0n) is 20.6. The first-order chi connectivity index (χ1) is 15.7. The monoisotopic (exact) mass is 507 g/mol. The molecule has 1 atom stereocenters. The van der Waals surface area contributed by atoms with E-state index < -0.39 is 34.1 Å². The Kier molecular flexibility index (Phi) is 9.28. The maximum absolute atomic E-state index is 13.5. The maximum Gasteiger partial charge on any atom is 0.243 e. The van der Waals surface area contributed by atoms with Crippen LogP contribution in [-0.4, -0.2) is 54.6 Å². The van der Waals surface area contributed by atoms with Crippen molar-refractivity contribution >= 4 is 33.4 Å². The normalized spacial score (nSPS) is 12.9. The third-order valence-electron chi connectivity index (χ3n) is 5.20. The van der Waals surface area contributed by atoms with E-state index in [-0.39, 0.29) is 17.3 Å². The quantitative estimate of drug-likeness (QED) is 0.556. The van der Waals surface area contributed by atoms with E-state index in [9.17, 15) is 18.0 Å². The van der Waals surface area contributed by atoms with Gasteiger partial charge in [0.25, 0.3) is 0 Å². The summed E-state index contributed by atoms with van der Waals surface area (Å²) in [5, 5.41) is 3.35. The molecule has 0 radical (unpaired) electrons. The van der Waals surface area contributed by atoms with Crippen LogP contribution >= 0.6 is 11.6 Å². The van der Waals surface area contributed by atoms with Crippen LogP contribution in [0.4, 0.5) is 0 Å². The smallest absolute Gasteiger partial charge is 0.243 e. The summed E-state index contributed by atoms with van der Waals surface area (Å²) < 4.78 is 27.0. The van der Waals surface area contributed by atoms with Crippen LogP contribution in [0.25, 0.3) is 0 Å². The minimum atomic E-state index is -3.92. The second-order valence-corrected chi connectivity index (χ2v) is 11.9. The van der Waals surface area contributed by atoms with Crippen molar-refractivity contribution in [1.29, 1.82) is 0 Å². The Morgan fingerprint density at radius 3 is 2.24 bits per heavy atom. The SMILES string of the molecule is CC[C@@H](C(=O)NC(C)(C)C)N(Cc1cccc(C)c1)C(=O)CN(C)S(=O)(=O)c1ccc(Cl)cc1. The van der Waals surface area contributed by atoms with Crippen molar-refractivity contribution in [2.75, 3.05) is 13.6 Å². The van der Waals surface area contributed by atoms with E-state index in [0.29, 0.717) is 11.4 Å². The molecule has 2 aromatic carbocycles. The molecule has 2 aromatic rings. The largest absolute Gasteiger partial charge is 0.350 e. The number of hydrogen-bond donors (Lipinski definition) is 1. The standard InChI is InChI=1S/C25H34ClN3O4S/c1-7-22(24(31)27-25(3,4)5)29(16-19-10-8-9-18(2)15-19)23(30)17-28(6)34(32,33)21-13-11-20(26)12-14-21/h8-15,22H,7,16-17H2,1-6H3,(H,27,31)/t22-/m0/s1. The third kappa shape index (κ3) is 7.55. The van der Waals surface area contributed by atoms with Crippen LogP contribution in [-0.2, 0) is 26.2 Å². The van der Waals surface area contributed by atoms with Gasteiger partial charge in [0.15, 0.2) is 0 Å². The van der Waals surface area contributed by atoms with E-state index >= 15 is 0 Å². The highest BCUT2D eigenvalue weighted by Crippen LogP contribution is 2.19. The molecule has 7 nitrogen and oxygen atoms in total. The highest BCUT2D eigenvalue weighted by molar-refractivity contribution is 7.89. The van der Waals surface area contributed by atoms with E-state index in [4.69, 9.17) is 11.6 Å². The van der Waals surface area contributed by atoms with Crippen LogP contribution < -0.4 is 5.32 Å². The summed E-state index contributed by atoms with van der Waals surface area (Å²) in [6.07, 6.45) is 0.382. The van der Waals surface area contributed by atoms with E-state index in [1.807, 2.05) is 58.9 Å². The number of aryl methyl sites for hydroxylation is 1. The summed E-state index contributed by atoms with van der Waals surface area (Å²) in [6.45, 7) is 9.18. The molecule has 0 spiro atoms. The number of carbonyl (C=O) groups is 2. The molecule has 0 saturated heterocycles. The summed E-state index contributed by atoms with van der Waals surface area (Å²) in [6, 6.07) is 12.7. The number of benzene rings is 2. The van der Waals surface area contributed by atoms with Crippen LogP contribution in [0.5, 0.6) is 0 Å². The van der Waals surface area contributed by atoms with Crippen LogP contribution in [0.2, 0.25) is 5.02 Å². The molecule has 0 heterocycles. The van der Waals surface area contributed by atoms with Crippen molar-refractivity contribution in [3.05, 3.63) is 64.7 Å². The predicted octanol–water partition coefficient (Wildman–Crippen LogP) is 3.99. The maximum atomic E-state index is 13.5. The van der Waals surface area contributed by atoms with E-state index in [0.717, 1.165) is 15.4 Å². The van der Waals surface area contributed by atoms with Crippen LogP contribution in [0.3, 0.4) is 0 Å². The average molecular weight is 508 g/mol. The highest BCUT2D eigenvalue weighted by Gasteiger charge is 2.33. The zero-order valence-corrected chi connectivity index (χ0v) is 22.2. The molecule has 0 aromatic heterocycles. The first kappa shape index (κ1) is 27.8. The molecule has 186 valence electrons. The molecule has 0 bridgehead atoms. The summed E-state index contributed by atoms with van der Waals surface area (Å²) in [4.78, 5) is 28.0. The Morgan fingerprint density at radius 1 is 1.09 bits per heavy atom. The fourth-order valence-corrected chi connectivity index (χ4v) is 4.78. The van der Waals surface area contributed by atoms with Gasteiger partial charge in [0.2, 0.25) is 21.8 Å². The van der Waals surface area contributed by atoms with Crippen molar-refractivity contribution in [2.45, 2.75) is 64.1 Å². The lowest BCUT2D eigenvalue weighted by atomic mass is 10.0. The van der Waals surface area contributed by atoms with Gasteiger partial charge in [-0.3, -0.25) is 9.59 Å². The Bertz CT molecular complexity index is 1110. The van der Waals surface area contributed by atoms with Crippen molar-refractivity contribution < 1.29 is 18.0 Å². The molecule has 0 aliphatic carbocycles. The minimum absolute atomic E-state index is 0.0370. The van der Waals surface area contributed by atoms with E-state index in [1.54, 1.807) is 0 Å². The molecule has 0 aliphatic rings. The molecule has 34 heavy (non-hydrogen) atoms. The molecule has 2 rings (SSSR count). The lowest BCUT2D eigenvalue weighted by Gasteiger charge is -2.34. The fourth-order valence-electron chi connectivity index (χ4n) is 3.53. The lowest BCUT2D eigenvalue weighted by Crippen LogP contribution is -2.55. The number of rotatable bonds is 9. The van der Waals surface area contributed by atoms with Gasteiger partial charge >= 0.3 is 0 Å². The molecular weight excluding hydrogens is 474 g/mol. The van der Waals surface area contributed by atoms with Gasteiger partial charge in [-0.15, -0.1) is 0 Å². The fraction of sp³-hybridized carbons (Fsp3) is 0.440. The molecule has 0 unspecified atom stereocenters. The van der Waals surface area contributed by atoms with Gasteiger partial charge in [-0.2, -0.15) is 4.31 Å². The van der Waals surface area contributed by atoms with Crippen molar-refractivity contribution in [2.24, 2.45) is 0 Å². The van der Waals surface area contributed by atoms with Gasteiger partial charge in [-0.1, -0.05) is 48.4 Å². The average Bonchev–Trinajstić information content (AvgIpc) is 2.72. The van der Waals surface area contributed by atoms with Crippen LogP contribution in [0, 0.1) is 6.92 Å². The minimum Gasteiger partial charge on any atom is -0.350 e. The molecule has 1 N–H and O–H groups in total. The first-order valence-corrected chi connectivity index (χ1v) is 13.0. The summed E-state index contributed by atoms with van der Waals surface area (Å²) in [5.74, 6) is -0.739. The van der Waals surface area contributed by atoms with Gasteiger partial charge < -0.3 is 10.2 Å². The van der Waals surface area contributed by atoms with E-state index in [1.165, 1.54) is 36.2 Å². The number of likely N-dealkylation sites (N-methyl/N-ethyl adjacent to an activating group) is 1. The molecule has 2 amide bonds. The van der Waals surface area contributed by atoms with E-state index in [2.05, 4.69) is 5.32 Å². The number of nitrogens with one attached hydrogen (secondary N) is 1. The summed E-state index contributed by atoms with van der Waals surface area (Å²) in [7, 11) is -2.57. The Labute approximate surface area is 208 Å². The zero-order chi connectivity index (χ0) is 25.7. The second-order valence-electron chi connectivity index (χ2n) is 9.39. The van der Waals surface area contributed by atoms with Gasteiger partial charge in [0.05, 0.1) is 11.4 Å². The molecule has 0 fully saturated rings. The number of amides is 2. The van der Waals surface area contributed by atoms with Gasteiger partial charge in [0.1, 0.15) is 6.04 Å². The summed E-state index contributed by atoms with van der Waals surface area (Å²) >= 11 is 5.87. The van der Waals surface area contributed by atoms with Crippen molar-refractivity contribution in [3.63, 3.8) is 0 Å². The number of hydrogen-bond acceptors (Lipinski definition) is 4. The Balaban J connectivity index is 2.35.